The molecule has 7 nitrogen and oxygen atoms in total. The molecule has 2 aliphatic rings. The molecule has 0 radical (unpaired) electrons. The minimum atomic E-state index is -0.766. The van der Waals surface area contributed by atoms with E-state index in [1.165, 1.54) is 4.57 Å². The number of rotatable bonds is 6. The summed E-state index contributed by atoms with van der Waals surface area (Å²) in [7, 11) is 1.61. The quantitative estimate of drug-likeness (QED) is 0.370. The van der Waals surface area contributed by atoms with Crippen molar-refractivity contribution in [2.45, 2.75) is 37.4 Å². The Labute approximate surface area is 208 Å². The van der Waals surface area contributed by atoms with Gasteiger partial charge < -0.3 is 24.4 Å². The molecule has 0 unspecified atom stereocenters. The Morgan fingerprint density at radius 3 is 2.50 bits per heavy atom. The number of hydrogen-bond acceptors (Lipinski definition) is 6. The molecule has 2 atom stereocenters. The molecule has 4 aromatic rings. The molecule has 1 saturated heterocycles. The highest BCUT2D eigenvalue weighted by molar-refractivity contribution is 5.95. The summed E-state index contributed by atoms with van der Waals surface area (Å²) >= 11 is 0. The summed E-state index contributed by atoms with van der Waals surface area (Å²) < 4.78 is 19.3. The van der Waals surface area contributed by atoms with Crippen molar-refractivity contribution in [3.8, 4) is 35.0 Å². The zero-order valence-corrected chi connectivity index (χ0v) is 20.1. The van der Waals surface area contributed by atoms with E-state index >= 15 is 0 Å². The summed E-state index contributed by atoms with van der Waals surface area (Å²) in [6.07, 6.45) is 1.95. The molecule has 3 aromatic carbocycles. The molecule has 1 aromatic heterocycles. The number of methoxy groups -OCH3 is 1. The van der Waals surface area contributed by atoms with Crippen LogP contribution in [-0.4, -0.2) is 28.5 Å². The van der Waals surface area contributed by atoms with Crippen molar-refractivity contribution in [2.75, 3.05) is 13.7 Å². The Hall–Kier alpha value is -4.15. The van der Waals surface area contributed by atoms with E-state index in [9.17, 15) is 15.5 Å². The first-order valence-electron chi connectivity index (χ1n) is 12.0. The number of aromatic nitrogens is 1. The average Bonchev–Trinajstić information content (AvgIpc) is 3.48. The number of ether oxygens (including phenoxy) is 3. The van der Waals surface area contributed by atoms with Gasteiger partial charge in [-0.2, -0.15) is 5.26 Å². The van der Waals surface area contributed by atoms with Crippen LogP contribution in [0.4, 0.5) is 0 Å². The molecule has 0 spiro atoms. The predicted molar refractivity (Wildman–Crippen MR) is 134 cm³/mol. The monoisotopic (exact) mass is 482 g/mol. The third kappa shape index (κ3) is 3.08. The van der Waals surface area contributed by atoms with Crippen LogP contribution >= 0.6 is 0 Å². The highest BCUT2D eigenvalue weighted by Gasteiger charge is 2.61. The second-order valence-electron chi connectivity index (χ2n) is 9.63. The molecule has 36 heavy (non-hydrogen) atoms. The Bertz CT molecular complexity index is 1550. The van der Waals surface area contributed by atoms with Gasteiger partial charge in [0.2, 0.25) is 11.8 Å². The molecule has 1 fully saturated rings. The number of hydrogen-bond donors (Lipinski definition) is 2. The molecule has 6 rings (SSSR count). The summed E-state index contributed by atoms with van der Waals surface area (Å²) in [5.41, 5.74) is 0.922. The number of nitriles is 1. The Morgan fingerprint density at radius 1 is 0.972 bits per heavy atom. The maximum absolute atomic E-state index is 11.6. The van der Waals surface area contributed by atoms with Crippen LogP contribution in [0.15, 0.2) is 60.7 Å². The van der Waals surface area contributed by atoms with E-state index in [0.717, 1.165) is 17.2 Å². The lowest BCUT2D eigenvalue weighted by Crippen LogP contribution is -2.25. The maximum atomic E-state index is 11.6. The van der Waals surface area contributed by atoms with Crippen LogP contribution in [0, 0.1) is 11.3 Å². The minimum Gasteiger partial charge on any atom is -0.497 e. The largest absolute Gasteiger partial charge is 0.497 e. The number of benzene rings is 3. The predicted octanol–water partition coefficient (Wildman–Crippen LogP) is 5.63. The van der Waals surface area contributed by atoms with Gasteiger partial charge in [-0.15, -0.1) is 0 Å². The summed E-state index contributed by atoms with van der Waals surface area (Å²) in [4.78, 5) is 0. The van der Waals surface area contributed by atoms with E-state index in [0.29, 0.717) is 53.3 Å². The van der Waals surface area contributed by atoms with Gasteiger partial charge in [0.05, 0.1) is 47.8 Å². The second kappa shape index (κ2) is 7.94. The molecule has 0 aliphatic carbocycles. The summed E-state index contributed by atoms with van der Waals surface area (Å²) in [5, 5.41) is 34.1. The van der Waals surface area contributed by atoms with Crippen LogP contribution in [0.2, 0.25) is 0 Å². The third-order valence-corrected chi connectivity index (χ3v) is 7.61. The third-order valence-electron chi connectivity index (χ3n) is 7.61. The Kier molecular flexibility index (Phi) is 4.92. The zero-order chi connectivity index (χ0) is 25.1. The van der Waals surface area contributed by atoms with Gasteiger partial charge >= 0.3 is 0 Å². The van der Waals surface area contributed by atoms with Gasteiger partial charge in [0, 0.05) is 23.3 Å². The van der Waals surface area contributed by atoms with Crippen molar-refractivity contribution in [3.05, 3.63) is 77.4 Å². The lowest BCUT2D eigenvalue weighted by molar-refractivity contribution is -0.0876. The average molecular weight is 483 g/mol. The fraction of sp³-hybridized carbons (Fsp3) is 0.276. The first-order valence-corrected chi connectivity index (χ1v) is 12.0. The number of aromatic hydroxyl groups is 2. The van der Waals surface area contributed by atoms with Crippen LogP contribution < -0.4 is 9.47 Å². The summed E-state index contributed by atoms with van der Waals surface area (Å²) in [6.45, 7) is 2.33. The van der Waals surface area contributed by atoms with Gasteiger partial charge in [0.15, 0.2) is 0 Å². The van der Waals surface area contributed by atoms with Gasteiger partial charge in [0.25, 0.3) is 0 Å². The molecule has 2 aliphatic heterocycles. The van der Waals surface area contributed by atoms with E-state index in [1.54, 1.807) is 19.2 Å². The number of nitrogens with zero attached hydrogens (tertiary/aromatic N) is 2. The number of fused-ring (bicyclic) bond motifs is 6. The highest BCUT2D eigenvalue weighted by atomic mass is 16.5. The Morgan fingerprint density at radius 2 is 1.72 bits per heavy atom. The van der Waals surface area contributed by atoms with E-state index in [1.807, 2.05) is 55.5 Å². The van der Waals surface area contributed by atoms with Crippen molar-refractivity contribution >= 4 is 10.8 Å². The van der Waals surface area contributed by atoms with Gasteiger partial charge in [-0.25, -0.2) is 0 Å². The molecular formula is C29H26N2O5. The minimum absolute atomic E-state index is 0.0323. The van der Waals surface area contributed by atoms with E-state index in [-0.39, 0.29) is 11.8 Å². The van der Waals surface area contributed by atoms with Crippen molar-refractivity contribution in [1.82, 2.24) is 4.57 Å². The van der Waals surface area contributed by atoms with Crippen LogP contribution in [0.3, 0.4) is 0 Å². The fourth-order valence-corrected chi connectivity index (χ4v) is 5.94. The summed E-state index contributed by atoms with van der Waals surface area (Å²) in [6, 6.07) is 20.6. The molecular weight excluding hydrogens is 456 g/mol. The summed E-state index contributed by atoms with van der Waals surface area (Å²) in [5.74, 6) is 1.34. The van der Waals surface area contributed by atoms with Crippen LogP contribution in [-0.2, 0) is 15.9 Å². The van der Waals surface area contributed by atoms with Crippen LogP contribution in [0.25, 0.3) is 16.5 Å². The second-order valence-corrected chi connectivity index (χ2v) is 9.63. The molecule has 0 amide bonds. The van der Waals surface area contributed by atoms with Gasteiger partial charge in [-0.3, -0.25) is 4.57 Å². The molecule has 7 heteroatoms. The normalized spacial score (nSPS) is 21.9. The lowest BCUT2D eigenvalue weighted by Gasteiger charge is -2.26. The standard InChI is InChI=1S/C29H26N2O5/c1-28-12-13-29(36-28,14-15-35-20-7-5-6-19(16-20)34-2)25-24(28)26(32)31(27(25)33)23-11-10-18(17-30)21-8-3-4-9-22(21)23/h3-11,16,32-33H,12-15H2,1-2H3/t28-,29-/m1/s1. The SMILES string of the molecule is COc1cccc(OCC[C@@]23CC[C@@](C)(O2)c2c3c(O)n(-c3ccc(C#N)c4ccccc34)c2O)c1. The van der Waals surface area contributed by atoms with E-state index < -0.39 is 11.2 Å². The highest BCUT2D eigenvalue weighted by Crippen LogP contribution is 2.65. The maximum Gasteiger partial charge on any atom is 0.205 e. The van der Waals surface area contributed by atoms with Crippen molar-refractivity contribution in [1.29, 1.82) is 5.26 Å². The van der Waals surface area contributed by atoms with Gasteiger partial charge in [-0.05, 0) is 44.0 Å². The molecule has 2 bridgehead atoms. The molecule has 3 heterocycles. The van der Waals surface area contributed by atoms with Crippen LogP contribution in [0.5, 0.6) is 23.3 Å². The lowest BCUT2D eigenvalue weighted by atomic mass is 9.78. The van der Waals surface area contributed by atoms with E-state index in [4.69, 9.17) is 14.2 Å². The fourth-order valence-electron chi connectivity index (χ4n) is 5.94. The van der Waals surface area contributed by atoms with Gasteiger partial charge in [-0.1, -0.05) is 30.3 Å². The van der Waals surface area contributed by atoms with Gasteiger partial charge in [0.1, 0.15) is 17.1 Å². The van der Waals surface area contributed by atoms with Crippen molar-refractivity contribution < 1.29 is 24.4 Å². The first-order chi connectivity index (χ1) is 17.4. The van der Waals surface area contributed by atoms with Crippen LogP contribution in [0.1, 0.15) is 42.9 Å². The first kappa shape index (κ1) is 22.3. The Balaban J connectivity index is 1.41. The van der Waals surface area contributed by atoms with Crippen molar-refractivity contribution in [3.63, 3.8) is 0 Å². The smallest absolute Gasteiger partial charge is 0.205 e. The zero-order valence-electron chi connectivity index (χ0n) is 20.1. The van der Waals surface area contributed by atoms with E-state index in [2.05, 4.69) is 6.07 Å². The molecule has 2 N–H and O–H groups in total. The molecule has 182 valence electrons. The topological polar surface area (TPSA) is 96.9 Å². The molecule has 0 saturated carbocycles. The van der Waals surface area contributed by atoms with Crippen molar-refractivity contribution in [2.24, 2.45) is 0 Å².